The Morgan fingerprint density at radius 2 is 1.69 bits per heavy atom. The molecule has 10 nitrogen and oxygen atoms in total. The molecule has 0 radical (unpaired) electrons. The van der Waals surface area contributed by atoms with Crippen molar-refractivity contribution in [3.63, 3.8) is 0 Å². The lowest BCUT2D eigenvalue weighted by molar-refractivity contribution is -0.140. The third-order valence-corrected chi connectivity index (χ3v) is 4.45. The first-order valence-electron chi connectivity index (χ1n) is 7.03. The standard InChI is InChI=1S/C15H16N2O8S/c1-23-11(20)4-8-9(5-16)14(26-13(8)15(22)25-3)17(6-10(18)19)7-12(21)24-2/h4,6-7H2,1-3H3,(H,18,19). The van der Waals surface area contributed by atoms with E-state index >= 15 is 0 Å². The number of hydrogen-bond donors (Lipinski definition) is 1. The quantitative estimate of drug-likeness (QED) is 0.487. The maximum absolute atomic E-state index is 12.0. The number of rotatable bonds is 8. The summed E-state index contributed by atoms with van der Waals surface area (Å²) >= 11 is 0.748. The molecule has 0 saturated carbocycles. The number of thiophene rings is 1. The van der Waals surface area contributed by atoms with Gasteiger partial charge >= 0.3 is 23.9 Å². The molecule has 26 heavy (non-hydrogen) atoms. The fourth-order valence-electron chi connectivity index (χ4n) is 2.02. The number of esters is 3. The summed E-state index contributed by atoms with van der Waals surface area (Å²) in [7, 11) is 3.40. The molecule has 0 aliphatic heterocycles. The number of nitrogens with zero attached hydrogens (tertiary/aromatic N) is 2. The highest BCUT2D eigenvalue weighted by molar-refractivity contribution is 7.18. The molecule has 0 aliphatic carbocycles. The van der Waals surface area contributed by atoms with Crippen LogP contribution in [-0.2, 0) is 35.0 Å². The SMILES string of the molecule is COC(=O)Cc1c(C(=O)OC)sc(N(CC(=O)O)CC(=O)OC)c1C#N. The Hall–Kier alpha value is -3.13. The Morgan fingerprint density at radius 1 is 1.08 bits per heavy atom. The van der Waals surface area contributed by atoms with Crippen LogP contribution in [0.5, 0.6) is 0 Å². The highest BCUT2D eigenvalue weighted by atomic mass is 32.1. The van der Waals surface area contributed by atoms with Gasteiger partial charge < -0.3 is 24.2 Å². The van der Waals surface area contributed by atoms with Crippen LogP contribution in [0.1, 0.15) is 20.8 Å². The van der Waals surface area contributed by atoms with Crippen LogP contribution in [0.2, 0.25) is 0 Å². The Labute approximate surface area is 152 Å². The van der Waals surface area contributed by atoms with E-state index in [1.807, 2.05) is 6.07 Å². The summed E-state index contributed by atoms with van der Waals surface area (Å²) in [4.78, 5) is 47.4. The Balaban J connectivity index is 3.53. The molecule has 0 bridgehead atoms. The average Bonchev–Trinajstić information content (AvgIpc) is 2.97. The van der Waals surface area contributed by atoms with Crippen molar-refractivity contribution in [2.24, 2.45) is 0 Å². The molecule has 1 aromatic rings. The predicted octanol–water partition coefficient (Wildman–Crippen LogP) is 0.186. The molecular formula is C15H16N2O8S. The second-order valence-corrected chi connectivity index (χ2v) is 5.77. The second-order valence-electron chi connectivity index (χ2n) is 4.77. The van der Waals surface area contributed by atoms with Crippen LogP contribution >= 0.6 is 11.3 Å². The maximum atomic E-state index is 12.0. The zero-order valence-electron chi connectivity index (χ0n) is 14.2. The van der Waals surface area contributed by atoms with E-state index in [0.29, 0.717) is 0 Å². The van der Waals surface area contributed by atoms with E-state index in [9.17, 15) is 24.4 Å². The molecule has 0 saturated heterocycles. The lowest BCUT2D eigenvalue weighted by Crippen LogP contribution is -2.35. The number of carbonyl (C=O) groups is 4. The van der Waals surface area contributed by atoms with Gasteiger partial charge in [-0.3, -0.25) is 14.4 Å². The minimum Gasteiger partial charge on any atom is -0.480 e. The molecular weight excluding hydrogens is 368 g/mol. The largest absolute Gasteiger partial charge is 0.480 e. The summed E-state index contributed by atoms with van der Waals surface area (Å²) in [5, 5.41) is 18.6. The van der Waals surface area contributed by atoms with Gasteiger partial charge in [0.05, 0.1) is 33.3 Å². The molecule has 11 heteroatoms. The van der Waals surface area contributed by atoms with E-state index in [4.69, 9.17) is 5.11 Å². The molecule has 0 spiro atoms. The van der Waals surface area contributed by atoms with Crippen molar-refractivity contribution >= 4 is 40.2 Å². The highest BCUT2D eigenvalue weighted by Crippen LogP contribution is 2.37. The van der Waals surface area contributed by atoms with Crippen LogP contribution in [0.25, 0.3) is 0 Å². The third kappa shape index (κ3) is 4.93. The number of carbonyl (C=O) groups excluding carboxylic acids is 3. The Morgan fingerprint density at radius 3 is 2.15 bits per heavy atom. The summed E-state index contributed by atoms with van der Waals surface area (Å²) in [6.07, 6.45) is -0.389. The molecule has 0 unspecified atom stereocenters. The molecule has 0 atom stereocenters. The van der Waals surface area contributed by atoms with Crippen LogP contribution in [0, 0.1) is 11.3 Å². The number of carboxylic acid groups (broad SMARTS) is 1. The van der Waals surface area contributed by atoms with Gasteiger partial charge in [0, 0.05) is 5.56 Å². The zero-order valence-corrected chi connectivity index (χ0v) is 15.0. The molecule has 1 rings (SSSR count). The fraction of sp³-hybridized carbons (Fsp3) is 0.400. The highest BCUT2D eigenvalue weighted by Gasteiger charge is 2.29. The number of nitriles is 1. The van der Waals surface area contributed by atoms with E-state index in [1.54, 1.807) is 0 Å². The summed E-state index contributed by atoms with van der Waals surface area (Å²) in [6, 6.07) is 1.85. The van der Waals surface area contributed by atoms with E-state index in [0.717, 1.165) is 37.6 Å². The van der Waals surface area contributed by atoms with Crippen molar-refractivity contribution in [3.8, 4) is 6.07 Å². The number of ether oxygens (including phenoxy) is 3. The van der Waals surface area contributed by atoms with Gasteiger partial charge in [-0.2, -0.15) is 5.26 Å². The number of hydrogen-bond acceptors (Lipinski definition) is 10. The number of carboxylic acids is 1. The van der Waals surface area contributed by atoms with E-state index in [-0.39, 0.29) is 27.4 Å². The first-order valence-corrected chi connectivity index (χ1v) is 7.85. The molecule has 1 N–H and O–H groups in total. The summed E-state index contributed by atoms with van der Waals surface area (Å²) in [5.41, 5.74) is -0.0580. The fourth-order valence-corrected chi connectivity index (χ4v) is 3.20. The first kappa shape index (κ1) is 20.9. The minimum atomic E-state index is -1.26. The number of anilines is 1. The topological polar surface area (TPSA) is 143 Å². The van der Waals surface area contributed by atoms with Crippen molar-refractivity contribution < 1.29 is 38.5 Å². The van der Waals surface area contributed by atoms with Crippen molar-refractivity contribution in [2.75, 3.05) is 39.3 Å². The van der Waals surface area contributed by atoms with E-state index in [2.05, 4.69) is 14.2 Å². The van der Waals surface area contributed by atoms with Crippen LogP contribution in [0.3, 0.4) is 0 Å². The van der Waals surface area contributed by atoms with Crippen molar-refractivity contribution in [3.05, 3.63) is 16.0 Å². The van der Waals surface area contributed by atoms with E-state index < -0.39 is 37.0 Å². The van der Waals surface area contributed by atoms with E-state index in [1.165, 1.54) is 0 Å². The second kappa shape index (κ2) is 9.38. The van der Waals surface area contributed by atoms with Gasteiger partial charge in [0.25, 0.3) is 0 Å². The minimum absolute atomic E-state index is 0.0413. The van der Waals surface area contributed by atoms with Gasteiger partial charge in [-0.25, -0.2) is 4.79 Å². The average molecular weight is 384 g/mol. The van der Waals surface area contributed by atoms with Crippen molar-refractivity contribution in [1.29, 1.82) is 5.26 Å². The molecule has 1 aromatic heterocycles. The number of methoxy groups -OCH3 is 3. The maximum Gasteiger partial charge on any atom is 0.348 e. The Kier molecular flexibility index (Phi) is 7.54. The van der Waals surface area contributed by atoms with Crippen LogP contribution in [0.4, 0.5) is 5.00 Å². The lowest BCUT2D eigenvalue weighted by Gasteiger charge is -2.20. The molecule has 0 amide bonds. The van der Waals surface area contributed by atoms with Gasteiger partial charge in [0.2, 0.25) is 0 Å². The smallest absolute Gasteiger partial charge is 0.348 e. The molecule has 0 aliphatic rings. The van der Waals surface area contributed by atoms with Crippen LogP contribution in [0.15, 0.2) is 0 Å². The van der Waals surface area contributed by atoms with Gasteiger partial charge in [0.1, 0.15) is 29.0 Å². The van der Waals surface area contributed by atoms with Crippen LogP contribution < -0.4 is 4.90 Å². The molecule has 0 aromatic carbocycles. The normalized spacial score (nSPS) is 9.77. The Bertz CT molecular complexity index is 764. The number of aliphatic carboxylic acids is 1. The molecule has 0 fully saturated rings. The van der Waals surface area contributed by atoms with Gasteiger partial charge in [0.15, 0.2) is 0 Å². The van der Waals surface area contributed by atoms with Gasteiger partial charge in [-0.15, -0.1) is 11.3 Å². The zero-order chi connectivity index (χ0) is 19.9. The lowest BCUT2D eigenvalue weighted by atomic mass is 10.1. The summed E-state index contributed by atoms with van der Waals surface area (Å²) in [5.74, 6) is -3.50. The van der Waals surface area contributed by atoms with Crippen molar-refractivity contribution in [1.82, 2.24) is 0 Å². The molecule has 140 valence electrons. The molecule has 1 heterocycles. The monoisotopic (exact) mass is 384 g/mol. The third-order valence-electron chi connectivity index (χ3n) is 3.18. The summed E-state index contributed by atoms with van der Waals surface area (Å²) in [6.45, 7) is -1.08. The predicted molar refractivity (Wildman–Crippen MR) is 88.0 cm³/mol. The van der Waals surface area contributed by atoms with Crippen LogP contribution in [-0.4, -0.2) is 63.4 Å². The van der Waals surface area contributed by atoms with Gasteiger partial charge in [-0.1, -0.05) is 0 Å². The summed E-state index contributed by atoms with van der Waals surface area (Å²) < 4.78 is 13.7. The first-order chi connectivity index (χ1) is 12.3. The van der Waals surface area contributed by atoms with Crippen molar-refractivity contribution in [2.45, 2.75) is 6.42 Å². The van der Waals surface area contributed by atoms with Gasteiger partial charge in [-0.05, 0) is 0 Å².